The van der Waals surface area contributed by atoms with Gasteiger partial charge in [0.05, 0.1) is 30.5 Å². The summed E-state index contributed by atoms with van der Waals surface area (Å²) in [6.45, 7) is 1.18. The Labute approximate surface area is 176 Å². The van der Waals surface area contributed by atoms with Crippen LogP contribution >= 0.6 is 0 Å². The number of carbonyl (C=O) groups is 2. The maximum Gasteiger partial charge on any atom is 0.272 e. The van der Waals surface area contributed by atoms with Gasteiger partial charge >= 0.3 is 0 Å². The van der Waals surface area contributed by atoms with E-state index in [1.54, 1.807) is 9.58 Å². The van der Waals surface area contributed by atoms with E-state index in [1.165, 1.54) is 11.1 Å². The molecule has 0 unspecified atom stereocenters. The number of hydrogen-bond donors (Lipinski definition) is 1. The standard InChI is InChI=1S/C22H21F2N5O2/c23-22(24)7-8-28(21(22)5-6-21)19(30)15-12-25-29-10-9-27(13-18(15)29)20(31)17-11-14-3-1-2-4-16(14)26-17/h1-4,11-12,26H,5-10,13H2. The second-order valence-electron chi connectivity index (χ2n) is 8.67. The van der Waals surface area contributed by atoms with Crippen LogP contribution in [-0.4, -0.2) is 60.9 Å². The second-order valence-corrected chi connectivity index (χ2v) is 8.67. The van der Waals surface area contributed by atoms with Crippen molar-refractivity contribution in [1.29, 1.82) is 0 Å². The molecule has 2 fully saturated rings. The zero-order valence-corrected chi connectivity index (χ0v) is 16.8. The number of para-hydroxylation sites is 1. The predicted molar refractivity (Wildman–Crippen MR) is 108 cm³/mol. The zero-order valence-electron chi connectivity index (χ0n) is 16.8. The SMILES string of the molecule is O=C(c1cc2ccccc2[nH]1)N1CCn2ncc(C(=O)N3CCC(F)(F)C34CC4)c2C1. The lowest BCUT2D eigenvalue weighted by molar-refractivity contribution is -0.0418. The summed E-state index contributed by atoms with van der Waals surface area (Å²) >= 11 is 0. The summed E-state index contributed by atoms with van der Waals surface area (Å²) in [7, 11) is 0. The van der Waals surface area contributed by atoms with E-state index in [0.29, 0.717) is 42.9 Å². The summed E-state index contributed by atoms with van der Waals surface area (Å²) in [5, 5.41) is 5.24. The highest BCUT2D eigenvalue weighted by Crippen LogP contribution is 2.58. The lowest BCUT2D eigenvalue weighted by atomic mass is 10.1. The van der Waals surface area contributed by atoms with Crippen LogP contribution in [0, 0.1) is 0 Å². The molecule has 3 aromatic rings. The fourth-order valence-electron chi connectivity index (χ4n) is 5.05. The molecule has 1 saturated carbocycles. The molecule has 1 aromatic carbocycles. The average molecular weight is 425 g/mol. The molecular weight excluding hydrogens is 404 g/mol. The molecule has 0 atom stereocenters. The van der Waals surface area contributed by atoms with E-state index < -0.39 is 17.4 Å². The van der Waals surface area contributed by atoms with Crippen LogP contribution in [0.3, 0.4) is 0 Å². The van der Waals surface area contributed by atoms with Crippen molar-refractivity contribution in [3.8, 4) is 0 Å². The van der Waals surface area contributed by atoms with E-state index in [0.717, 1.165) is 10.9 Å². The molecule has 1 saturated heterocycles. The van der Waals surface area contributed by atoms with Gasteiger partial charge in [-0.2, -0.15) is 5.10 Å². The van der Waals surface area contributed by atoms with Crippen LogP contribution in [0.4, 0.5) is 8.78 Å². The fraction of sp³-hybridized carbons (Fsp3) is 0.409. The first-order valence-corrected chi connectivity index (χ1v) is 10.5. The van der Waals surface area contributed by atoms with Gasteiger partial charge in [0.25, 0.3) is 17.7 Å². The topological polar surface area (TPSA) is 74.2 Å². The van der Waals surface area contributed by atoms with Crippen LogP contribution in [0.1, 0.15) is 45.8 Å². The Hall–Kier alpha value is -3.23. The first-order chi connectivity index (χ1) is 14.9. The molecule has 2 aliphatic heterocycles. The highest BCUT2D eigenvalue weighted by Gasteiger charge is 2.70. The molecular formula is C22H21F2N5O2. The molecule has 1 aliphatic carbocycles. The Bertz CT molecular complexity index is 1190. The number of amides is 2. The van der Waals surface area contributed by atoms with Gasteiger partial charge in [0.1, 0.15) is 11.2 Å². The van der Waals surface area contributed by atoms with Crippen molar-refractivity contribution in [2.75, 3.05) is 13.1 Å². The Morgan fingerprint density at radius 1 is 1.03 bits per heavy atom. The third-order valence-electron chi connectivity index (χ3n) is 6.96. The molecule has 0 bridgehead atoms. The van der Waals surface area contributed by atoms with E-state index in [1.807, 2.05) is 30.3 Å². The van der Waals surface area contributed by atoms with Crippen molar-refractivity contribution in [2.24, 2.45) is 0 Å². The van der Waals surface area contributed by atoms with Gasteiger partial charge in [-0.1, -0.05) is 18.2 Å². The van der Waals surface area contributed by atoms with Gasteiger partial charge in [0, 0.05) is 30.4 Å². The van der Waals surface area contributed by atoms with Crippen molar-refractivity contribution in [2.45, 2.75) is 43.8 Å². The zero-order chi connectivity index (χ0) is 21.4. The number of likely N-dealkylation sites (tertiary alicyclic amines) is 1. The third kappa shape index (κ3) is 2.58. The number of hydrogen-bond acceptors (Lipinski definition) is 3. The van der Waals surface area contributed by atoms with Gasteiger partial charge in [0.2, 0.25) is 0 Å². The molecule has 1 N–H and O–H groups in total. The van der Waals surface area contributed by atoms with E-state index in [2.05, 4.69) is 10.1 Å². The van der Waals surface area contributed by atoms with Crippen molar-refractivity contribution in [3.05, 3.63) is 53.5 Å². The number of nitrogens with one attached hydrogen (secondary N) is 1. The number of halogens is 2. The van der Waals surface area contributed by atoms with E-state index in [4.69, 9.17) is 0 Å². The van der Waals surface area contributed by atoms with Crippen LogP contribution in [0.2, 0.25) is 0 Å². The molecule has 7 nitrogen and oxygen atoms in total. The normalized spacial score (nSPS) is 21.0. The molecule has 2 aromatic heterocycles. The lowest BCUT2D eigenvalue weighted by Gasteiger charge is -2.30. The van der Waals surface area contributed by atoms with Gasteiger partial charge in [0.15, 0.2) is 0 Å². The summed E-state index contributed by atoms with van der Waals surface area (Å²) in [6, 6.07) is 9.48. The third-order valence-corrected chi connectivity index (χ3v) is 6.96. The van der Waals surface area contributed by atoms with Crippen molar-refractivity contribution in [3.63, 3.8) is 0 Å². The number of rotatable bonds is 2. The molecule has 4 heterocycles. The Balaban J connectivity index is 1.27. The molecule has 31 heavy (non-hydrogen) atoms. The van der Waals surface area contributed by atoms with Gasteiger partial charge in [-0.15, -0.1) is 0 Å². The van der Waals surface area contributed by atoms with E-state index in [9.17, 15) is 18.4 Å². The van der Waals surface area contributed by atoms with Gasteiger partial charge in [-0.05, 0) is 25.0 Å². The molecule has 2 amide bonds. The van der Waals surface area contributed by atoms with Gasteiger partial charge in [-0.25, -0.2) is 8.78 Å². The summed E-state index contributed by atoms with van der Waals surface area (Å²) in [6.07, 6.45) is 1.83. The van der Waals surface area contributed by atoms with Gasteiger partial charge < -0.3 is 14.8 Å². The summed E-state index contributed by atoms with van der Waals surface area (Å²) in [4.78, 5) is 32.5. The quantitative estimate of drug-likeness (QED) is 0.686. The molecule has 0 radical (unpaired) electrons. The number of nitrogens with zero attached hydrogens (tertiary/aromatic N) is 4. The maximum atomic E-state index is 14.3. The maximum absolute atomic E-state index is 14.3. The molecule has 3 aliphatic rings. The van der Waals surface area contributed by atoms with Crippen LogP contribution in [0.15, 0.2) is 36.5 Å². The largest absolute Gasteiger partial charge is 0.351 e. The predicted octanol–water partition coefficient (Wildman–Crippen LogP) is 3.03. The smallest absolute Gasteiger partial charge is 0.272 e. The summed E-state index contributed by atoms with van der Waals surface area (Å²) in [5.41, 5.74) is 0.962. The number of benzene rings is 1. The van der Waals surface area contributed by atoms with Crippen LogP contribution in [0.5, 0.6) is 0 Å². The number of carbonyl (C=O) groups excluding carboxylic acids is 2. The molecule has 9 heteroatoms. The highest BCUT2D eigenvalue weighted by atomic mass is 19.3. The van der Waals surface area contributed by atoms with Crippen molar-refractivity contribution < 1.29 is 18.4 Å². The average Bonchev–Trinajstić information content (AvgIpc) is 3.18. The monoisotopic (exact) mass is 425 g/mol. The van der Waals surface area contributed by atoms with Crippen LogP contribution < -0.4 is 0 Å². The van der Waals surface area contributed by atoms with Crippen molar-refractivity contribution in [1.82, 2.24) is 24.6 Å². The summed E-state index contributed by atoms with van der Waals surface area (Å²) in [5.74, 6) is -3.41. The number of aromatic nitrogens is 3. The lowest BCUT2D eigenvalue weighted by Crippen LogP contribution is -2.45. The van der Waals surface area contributed by atoms with E-state index >= 15 is 0 Å². The minimum atomic E-state index is -2.84. The fourth-order valence-corrected chi connectivity index (χ4v) is 5.05. The Morgan fingerprint density at radius 2 is 1.84 bits per heavy atom. The number of H-pyrrole nitrogens is 1. The molecule has 160 valence electrons. The number of aromatic amines is 1. The first-order valence-electron chi connectivity index (χ1n) is 10.5. The number of alkyl halides is 2. The van der Waals surface area contributed by atoms with E-state index in [-0.39, 0.29) is 25.4 Å². The minimum Gasteiger partial charge on any atom is -0.351 e. The number of fused-ring (bicyclic) bond motifs is 2. The van der Waals surface area contributed by atoms with Crippen molar-refractivity contribution >= 4 is 22.7 Å². The summed E-state index contributed by atoms with van der Waals surface area (Å²) < 4.78 is 30.4. The minimum absolute atomic E-state index is 0.0498. The second kappa shape index (κ2) is 6.15. The molecule has 6 rings (SSSR count). The van der Waals surface area contributed by atoms with Crippen LogP contribution in [-0.2, 0) is 13.1 Å². The Kier molecular flexibility index (Phi) is 3.68. The van der Waals surface area contributed by atoms with Crippen LogP contribution in [0.25, 0.3) is 10.9 Å². The van der Waals surface area contributed by atoms with Gasteiger partial charge in [-0.3, -0.25) is 14.3 Å². The highest BCUT2D eigenvalue weighted by molar-refractivity contribution is 5.99. The first kappa shape index (κ1) is 18.5. The Morgan fingerprint density at radius 3 is 2.61 bits per heavy atom. The molecule has 1 spiro atoms.